The minimum atomic E-state index is -0.634. The molecule has 1 atom stereocenters. The smallest absolute Gasteiger partial charge is 0.354 e. The number of methoxy groups -OCH3 is 1. The number of halogens is 1. The lowest BCUT2D eigenvalue weighted by Crippen LogP contribution is -2.42. The molecule has 0 amide bonds. The predicted molar refractivity (Wildman–Crippen MR) is 89.9 cm³/mol. The zero-order chi connectivity index (χ0) is 16.3. The molecule has 0 saturated heterocycles. The van der Waals surface area contributed by atoms with Crippen LogP contribution in [0.4, 0.5) is 5.69 Å². The van der Waals surface area contributed by atoms with Gasteiger partial charge in [-0.25, -0.2) is 4.79 Å². The highest BCUT2D eigenvalue weighted by Gasteiger charge is 2.45. The summed E-state index contributed by atoms with van der Waals surface area (Å²) in [6.07, 6.45) is 0.384. The van der Waals surface area contributed by atoms with Crippen LogP contribution < -0.4 is 5.01 Å². The van der Waals surface area contributed by atoms with Gasteiger partial charge >= 0.3 is 5.97 Å². The number of hydrogen-bond donors (Lipinski definition) is 0. The summed E-state index contributed by atoms with van der Waals surface area (Å²) in [7, 11) is 1.57. The Morgan fingerprint density at radius 1 is 1.45 bits per heavy atom. The Hall–Kier alpha value is -1.82. The number of hydrazone groups is 1. The van der Waals surface area contributed by atoms with Crippen LogP contribution in [-0.4, -0.2) is 30.9 Å². The maximum atomic E-state index is 12.0. The molecular formula is C16H19BrN2O3. The van der Waals surface area contributed by atoms with Gasteiger partial charge < -0.3 is 9.47 Å². The van der Waals surface area contributed by atoms with E-state index < -0.39 is 11.5 Å². The van der Waals surface area contributed by atoms with Crippen LogP contribution in [0.2, 0.25) is 0 Å². The Labute approximate surface area is 138 Å². The van der Waals surface area contributed by atoms with Gasteiger partial charge in [-0.15, -0.1) is 0 Å². The van der Waals surface area contributed by atoms with Gasteiger partial charge in [0.1, 0.15) is 17.0 Å². The molecule has 0 aliphatic carbocycles. The van der Waals surface area contributed by atoms with Crippen molar-refractivity contribution in [1.29, 1.82) is 0 Å². The molecule has 118 valence electrons. The fourth-order valence-corrected chi connectivity index (χ4v) is 2.62. The van der Waals surface area contributed by atoms with Crippen LogP contribution in [0.15, 0.2) is 46.2 Å². The van der Waals surface area contributed by atoms with E-state index in [0.717, 1.165) is 10.2 Å². The van der Waals surface area contributed by atoms with E-state index in [4.69, 9.17) is 9.47 Å². The third-order valence-corrected chi connectivity index (χ3v) is 4.16. The van der Waals surface area contributed by atoms with Gasteiger partial charge in [0.2, 0.25) is 0 Å². The first-order chi connectivity index (χ1) is 10.4. The van der Waals surface area contributed by atoms with Crippen LogP contribution in [0.1, 0.15) is 20.3 Å². The standard InChI is InChI=1S/C16H19BrN2O3/c1-5-22-15(20)14-10-16(3,11(2)21-4)19(18-14)13-8-6-12(17)7-9-13/h6-9H,2,5,10H2,1,3-4H3. The summed E-state index contributed by atoms with van der Waals surface area (Å²) >= 11 is 3.41. The first-order valence-corrected chi connectivity index (χ1v) is 7.75. The summed E-state index contributed by atoms with van der Waals surface area (Å²) < 4.78 is 11.4. The Morgan fingerprint density at radius 2 is 2.09 bits per heavy atom. The molecule has 0 bridgehead atoms. The average Bonchev–Trinajstić information content (AvgIpc) is 2.87. The number of nitrogens with zero attached hydrogens (tertiary/aromatic N) is 2. The Morgan fingerprint density at radius 3 is 2.64 bits per heavy atom. The van der Waals surface area contributed by atoms with Gasteiger partial charge in [0.15, 0.2) is 0 Å². The van der Waals surface area contributed by atoms with Gasteiger partial charge in [-0.1, -0.05) is 22.5 Å². The number of hydrogen-bond acceptors (Lipinski definition) is 5. The van der Waals surface area contributed by atoms with Gasteiger partial charge in [-0.2, -0.15) is 5.10 Å². The monoisotopic (exact) mass is 366 g/mol. The molecule has 1 aliphatic heterocycles. The second kappa shape index (κ2) is 6.52. The van der Waals surface area contributed by atoms with E-state index in [-0.39, 0.29) is 0 Å². The summed E-state index contributed by atoms with van der Waals surface area (Å²) in [5.41, 5.74) is 0.582. The molecule has 0 N–H and O–H groups in total. The van der Waals surface area contributed by atoms with E-state index in [1.165, 1.54) is 0 Å². The summed E-state index contributed by atoms with van der Waals surface area (Å²) in [6, 6.07) is 7.68. The fourth-order valence-electron chi connectivity index (χ4n) is 2.36. The van der Waals surface area contributed by atoms with Crippen LogP contribution in [0, 0.1) is 0 Å². The number of ether oxygens (including phenoxy) is 2. The van der Waals surface area contributed by atoms with Gasteiger partial charge in [0, 0.05) is 10.9 Å². The third-order valence-electron chi connectivity index (χ3n) is 3.63. The molecular weight excluding hydrogens is 348 g/mol. The normalized spacial score (nSPS) is 20.5. The lowest BCUT2D eigenvalue weighted by atomic mass is 9.93. The van der Waals surface area contributed by atoms with E-state index in [9.17, 15) is 4.79 Å². The second-order valence-electron chi connectivity index (χ2n) is 5.13. The van der Waals surface area contributed by atoms with Crippen molar-refractivity contribution in [3.63, 3.8) is 0 Å². The van der Waals surface area contributed by atoms with E-state index in [2.05, 4.69) is 27.6 Å². The second-order valence-corrected chi connectivity index (χ2v) is 6.05. The van der Waals surface area contributed by atoms with Crippen molar-refractivity contribution in [2.45, 2.75) is 25.8 Å². The van der Waals surface area contributed by atoms with Gasteiger partial charge in [0.05, 0.1) is 19.4 Å². The maximum Gasteiger partial charge on any atom is 0.354 e. The minimum absolute atomic E-state index is 0.318. The molecule has 1 unspecified atom stereocenters. The van der Waals surface area contributed by atoms with Gasteiger partial charge in [-0.3, -0.25) is 5.01 Å². The lowest BCUT2D eigenvalue weighted by molar-refractivity contribution is -0.135. The number of carbonyl (C=O) groups is 1. The fraction of sp³-hybridized carbons (Fsp3) is 0.375. The van der Waals surface area contributed by atoms with E-state index in [1.54, 1.807) is 19.0 Å². The van der Waals surface area contributed by atoms with Crippen molar-refractivity contribution in [2.24, 2.45) is 5.10 Å². The van der Waals surface area contributed by atoms with Gasteiger partial charge in [0.25, 0.3) is 0 Å². The average molecular weight is 367 g/mol. The molecule has 0 aromatic heterocycles. The van der Waals surface area contributed by atoms with Gasteiger partial charge in [-0.05, 0) is 38.1 Å². The van der Waals surface area contributed by atoms with Crippen molar-refractivity contribution in [1.82, 2.24) is 0 Å². The summed E-state index contributed by atoms with van der Waals surface area (Å²) in [5, 5.41) is 6.21. The van der Waals surface area contributed by atoms with Crippen molar-refractivity contribution >= 4 is 33.3 Å². The molecule has 1 aromatic carbocycles. The highest BCUT2D eigenvalue weighted by molar-refractivity contribution is 9.10. The van der Waals surface area contributed by atoms with Crippen LogP contribution in [-0.2, 0) is 14.3 Å². The number of carbonyl (C=O) groups excluding carboxylic acids is 1. The lowest BCUT2D eigenvalue weighted by Gasteiger charge is -2.34. The molecule has 2 rings (SSSR count). The summed E-state index contributed by atoms with van der Waals surface area (Å²) in [5.74, 6) is 0.135. The first-order valence-electron chi connectivity index (χ1n) is 6.96. The molecule has 5 nitrogen and oxygen atoms in total. The van der Waals surface area contributed by atoms with Crippen LogP contribution >= 0.6 is 15.9 Å². The number of rotatable bonds is 5. The topological polar surface area (TPSA) is 51.1 Å². The maximum absolute atomic E-state index is 12.0. The molecule has 0 spiro atoms. The Kier molecular flexibility index (Phi) is 4.90. The number of benzene rings is 1. The highest BCUT2D eigenvalue weighted by Crippen LogP contribution is 2.38. The molecule has 1 aromatic rings. The molecule has 6 heteroatoms. The first kappa shape index (κ1) is 16.5. The van der Waals surface area contributed by atoms with Crippen molar-refractivity contribution in [2.75, 3.05) is 18.7 Å². The summed E-state index contributed by atoms with van der Waals surface area (Å²) in [4.78, 5) is 12.0. The predicted octanol–water partition coefficient (Wildman–Crippen LogP) is 3.50. The summed E-state index contributed by atoms with van der Waals surface area (Å²) in [6.45, 7) is 7.99. The van der Waals surface area contributed by atoms with Crippen molar-refractivity contribution in [3.8, 4) is 0 Å². The molecule has 0 radical (unpaired) electrons. The quantitative estimate of drug-likeness (QED) is 0.591. The molecule has 1 heterocycles. The van der Waals surface area contributed by atoms with Crippen LogP contribution in [0.5, 0.6) is 0 Å². The molecule has 1 aliphatic rings. The zero-order valence-corrected chi connectivity index (χ0v) is 14.5. The zero-order valence-electron chi connectivity index (χ0n) is 12.9. The minimum Gasteiger partial charge on any atom is -0.499 e. The largest absolute Gasteiger partial charge is 0.499 e. The Balaban J connectivity index is 2.41. The number of esters is 1. The molecule has 0 fully saturated rings. The number of anilines is 1. The SMILES string of the molecule is C=C(OC)C1(C)CC(C(=O)OCC)=NN1c1ccc(Br)cc1. The van der Waals surface area contributed by atoms with E-state index >= 15 is 0 Å². The van der Waals surface area contributed by atoms with E-state index in [1.807, 2.05) is 31.2 Å². The van der Waals surface area contributed by atoms with E-state index in [0.29, 0.717) is 24.5 Å². The van der Waals surface area contributed by atoms with Crippen LogP contribution in [0.3, 0.4) is 0 Å². The van der Waals surface area contributed by atoms with Crippen molar-refractivity contribution in [3.05, 3.63) is 41.1 Å². The Bertz CT molecular complexity index is 612. The van der Waals surface area contributed by atoms with Crippen LogP contribution in [0.25, 0.3) is 0 Å². The third kappa shape index (κ3) is 3.02. The molecule has 0 saturated carbocycles. The van der Waals surface area contributed by atoms with Crippen molar-refractivity contribution < 1.29 is 14.3 Å². The molecule has 22 heavy (non-hydrogen) atoms. The highest BCUT2D eigenvalue weighted by atomic mass is 79.9.